The molecule has 1 aliphatic heterocycles. The summed E-state index contributed by atoms with van der Waals surface area (Å²) in [6.07, 6.45) is -3.17. The van der Waals surface area contributed by atoms with Crippen LogP contribution in [0.4, 0.5) is 23.4 Å². The van der Waals surface area contributed by atoms with E-state index in [1.54, 1.807) is 0 Å². The monoisotopic (exact) mass is 383 g/mol. The third-order valence-corrected chi connectivity index (χ3v) is 4.20. The molecule has 0 atom stereocenters. The van der Waals surface area contributed by atoms with Crippen molar-refractivity contribution in [3.05, 3.63) is 54.0 Å². The molecule has 1 aromatic heterocycles. The first-order chi connectivity index (χ1) is 12.8. The van der Waals surface area contributed by atoms with Crippen molar-refractivity contribution in [2.45, 2.75) is 6.18 Å². The van der Waals surface area contributed by atoms with Crippen LogP contribution in [0.5, 0.6) is 5.75 Å². The number of piperazine rings is 1. The van der Waals surface area contributed by atoms with Crippen LogP contribution in [0.15, 0.2) is 42.6 Å². The molecule has 0 radical (unpaired) electrons. The van der Waals surface area contributed by atoms with Gasteiger partial charge in [0, 0.05) is 32.4 Å². The first-order valence-corrected chi connectivity index (χ1v) is 8.28. The molecular weight excluding hydrogens is 366 g/mol. The Labute approximate surface area is 153 Å². The van der Waals surface area contributed by atoms with E-state index < -0.39 is 17.6 Å². The fraction of sp³-hybridized carbons (Fsp3) is 0.333. The molecule has 27 heavy (non-hydrogen) atoms. The molecule has 144 valence electrons. The highest BCUT2D eigenvalue weighted by atomic mass is 19.4. The topological polar surface area (TPSA) is 45.7 Å². The van der Waals surface area contributed by atoms with E-state index in [0.29, 0.717) is 5.75 Å². The molecule has 5 nitrogen and oxygen atoms in total. The Bertz CT molecular complexity index is 788. The van der Waals surface area contributed by atoms with Crippen LogP contribution in [0.3, 0.4) is 0 Å². The van der Waals surface area contributed by atoms with Gasteiger partial charge in [-0.05, 0) is 36.4 Å². The summed E-state index contributed by atoms with van der Waals surface area (Å²) < 4.78 is 57.5. The number of hydrogen-bond donors (Lipinski definition) is 0. The predicted octanol–water partition coefficient (Wildman–Crippen LogP) is 2.97. The number of benzene rings is 1. The van der Waals surface area contributed by atoms with E-state index in [4.69, 9.17) is 4.74 Å². The van der Waals surface area contributed by atoms with Crippen LogP contribution in [0.2, 0.25) is 0 Å². The second-order valence-corrected chi connectivity index (χ2v) is 5.98. The zero-order valence-corrected chi connectivity index (χ0v) is 14.2. The number of ether oxygens (including phenoxy) is 1. The SMILES string of the molecule is O=C(COc1ccc(F)cc1)N1CCN(c2ncccc2C(F)(F)F)CC1. The number of carbonyl (C=O) groups is 1. The highest BCUT2D eigenvalue weighted by Crippen LogP contribution is 2.35. The summed E-state index contributed by atoms with van der Waals surface area (Å²) in [5.74, 6) is -0.445. The van der Waals surface area contributed by atoms with E-state index in [-0.39, 0.29) is 44.5 Å². The molecule has 0 bridgehead atoms. The van der Waals surface area contributed by atoms with Crippen molar-refractivity contribution >= 4 is 11.7 Å². The van der Waals surface area contributed by atoms with Gasteiger partial charge in [-0.2, -0.15) is 13.2 Å². The Morgan fingerprint density at radius 1 is 1.07 bits per heavy atom. The molecule has 9 heteroatoms. The Hall–Kier alpha value is -2.84. The molecule has 2 heterocycles. The first-order valence-electron chi connectivity index (χ1n) is 8.28. The van der Waals surface area contributed by atoms with Gasteiger partial charge in [0.1, 0.15) is 17.4 Å². The molecule has 0 aliphatic carbocycles. The summed E-state index contributed by atoms with van der Waals surface area (Å²) in [7, 11) is 0. The lowest BCUT2D eigenvalue weighted by molar-refractivity contribution is -0.137. The Kier molecular flexibility index (Phi) is 5.48. The summed E-state index contributed by atoms with van der Waals surface area (Å²) in [5.41, 5.74) is -0.788. The average Bonchev–Trinajstić information content (AvgIpc) is 2.67. The van der Waals surface area contributed by atoms with Crippen molar-refractivity contribution < 1.29 is 27.1 Å². The fourth-order valence-corrected chi connectivity index (χ4v) is 2.81. The number of hydrogen-bond acceptors (Lipinski definition) is 4. The lowest BCUT2D eigenvalue weighted by Gasteiger charge is -2.36. The molecule has 0 saturated carbocycles. The zero-order chi connectivity index (χ0) is 19.4. The molecular formula is C18H17F4N3O2. The van der Waals surface area contributed by atoms with Gasteiger partial charge in [-0.25, -0.2) is 9.37 Å². The molecule has 1 fully saturated rings. The van der Waals surface area contributed by atoms with E-state index in [1.165, 1.54) is 46.3 Å². The second-order valence-electron chi connectivity index (χ2n) is 5.98. The number of pyridine rings is 1. The third kappa shape index (κ3) is 4.66. The van der Waals surface area contributed by atoms with Gasteiger partial charge in [-0.1, -0.05) is 0 Å². The molecule has 0 N–H and O–H groups in total. The van der Waals surface area contributed by atoms with Gasteiger partial charge in [0.15, 0.2) is 6.61 Å². The van der Waals surface area contributed by atoms with Crippen LogP contribution in [-0.4, -0.2) is 48.6 Å². The van der Waals surface area contributed by atoms with Crippen molar-refractivity contribution in [2.24, 2.45) is 0 Å². The molecule has 0 spiro atoms. The highest BCUT2D eigenvalue weighted by Gasteiger charge is 2.36. The summed E-state index contributed by atoms with van der Waals surface area (Å²) in [6.45, 7) is 0.784. The number of rotatable bonds is 4. The lowest BCUT2D eigenvalue weighted by Crippen LogP contribution is -2.50. The van der Waals surface area contributed by atoms with Gasteiger partial charge in [-0.3, -0.25) is 4.79 Å². The van der Waals surface area contributed by atoms with Crippen LogP contribution in [0.1, 0.15) is 5.56 Å². The van der Waals surface area contributed by atoms with E-state index in [1.807, 2.05) is 0 Å². The van der Waals surface area contributed by atoms with E-state index in [0.717, 1.165) is 6.07 Å². The third-order valence-electron chi connectivity index (χ3n) is 4.20. The molecule has 2 aromatic rings. The predicted molar refractivity (Wildman–Crippen MR) is 89.9 cm³/mol. The number of alkyl halides is 3. The van der Waals surface area contributed by atoms with E-state index in [9.17, 15) is 22.4 Å². The first kappa shape index (κ1) is 18.9. The minimum Gasteiger partial charge on any atom is -0.484 e. The minimum absolute atomic E-state index is 0.125. The van der Waals surface area contributed by atoms with Crippen LogP contribution >= 0.6 is 0 Å². The fourth-order valence-electron chi connectivity index (χ4n) is 2.81. The van der Waals surface area contributed by atoms with Crippen LogP contribution < -0.4 is 9.64 Å². The van der Waals surface area contributed by atoms with Gasteiger partial charge in [0.05, 0.1) is 5.56 Å². The molecule has 3 rings (SSSR count). The molecule has 0 unspecified atom stereocenters. The van der Waals surface area contributed by atoms with Crippen LogP contribution in [0.25, 0.3) is 0 Å². The number of nitrogens with zero attached hydrogens (tertiary/aromatic N) is 3. The maximum atomic E-state index is 13.1. The van der Waals surface area contributed by atoms with Gasteiger partial charge >= 0.3 is 6.18 Å². The highest BCUT2D eigenvalue weighted by molar-refractivity contribution is 5.78. The molecule has 1 aliphatic rings. The molecule has 1 saturated heterocycles. The number of carbonyl (C=O) groups excluding carboxylic acids is 1. The summed E-state index contributed by atoms with van der Waals surface area (Å²) in [4.78, 5) is 19.1. The van der Waals surface area contributed by atoms with Gasteiger partial charge < -0.3 is 14.5 Å². The smallest absolute Gasteiger partial charge is 0.419 e. The van der Waals surface area contributed by atoms with E-state index >= 15 is 0 Å². The zero-order valence-electron chi connectivity index (χ0n) is 14.2. The van der Waals surface area contributed by atoms with Crippen LogP contribution in [0, 0.1) is 5.82 Å². The quantitative estimate of drug-likeness (QED) is 0.762. The van der Waals surface area contributed by atoms with Gasteiger partial charge in [0.25, 0.3) is 5.91 Å². The number of aromatic nitrogens is 1. The van der Waals surface area contributed by atoms with Crippen molar-refractivity contribution in [1.29, 1.82) is 0 Å². The standard InChI is InChI=1S/C18H17F4N3O2/c19-13-3-5-14(6-4-13)27-12-16(26)24-8-10-25(11-9-24)17-15(18(20,21)22)2-1-7-23-17/h1-7H,8-12H2. The van der Waals surface area contributed by atoms with Crippen molar-refractivity contribution in [1.82, 2.24) is 9.88 Å². The Morgan fingerprint density at radius 2 is 1.74 bits per heavy atom. The summed E-state index contributed by atoms with van der Waals surface area (Å²) in [6, 6.07) is 7.53. The average molecular weight is 383 g/mol. The van der Waals surface area contributed by atoms with Crippen molar-refractivity contribution in [2.75, 3.05) is 37.7 Å². The maximum Gasteiger partial charge on any atom is 0.419 e. The van der Waals surface area contributed by atoms with Gasteiger partial charge in [0.2, 0.25) is 0 Å². The van der Waals surface area contributed by atoms with E-state index in [2.05, 4.69) is 4.98 Å². The summed E-state index contributed by atoms with van der Waals surface area (Å²) >= 11 is 0. The van der Waals surface area contributed by atoms with Crippen LogP contribution in [-0.2, 0) is 11.0 Å². The number of amides is 1. The normalized spacial score (nSPS) is 15.0. The summed E-state index contributed by atoms with van der Waals surface area (Å²) in [5, 5.41) is 0. The minimum atomic E-state index is -4.49. The lowest BCUT2D eigenvalue weighted by atomic mass is 10.2. The number of halogens is 4. The van der Waals surface area contributed by atoms with Crippen molar-refractivity contribution in [3.8, 4) is 5.75 Å². The largest absolute Gasteiger partial charge is 0.484 e. The van der Waals surface area contributed by atoms with Gasteiger partial charge in [-0.15, -0.1) is 0 Å². The molecule has 1 aromatic carbocycles. The Balaban J connectivity index is 1.56. The Morgan fingerprint density at radius 3 is 2.37 bits per heavy atom. The maximum absolute atomic E-state index is 13.1. The number of anilines is 1. The molecule has 1 amide bonds. The second kappa shape index (κ2) is 7.81. The van der Waals surface area contributed by atoms with Crippen molar-refractivity contribution in [3.63, 3.8) is 0 Å².